The number of aryl methyl sites for hydroxylation is 2. The molecule has 0 unspecified atom stereocenters. The molecular weight excluding hydrogens is 464 g/mol. The van der Waals surface area contributed by atoms with Crippen molar-refractivity contribution in [3.05, 3.63) is 40.1 Å². The van der Waals surface area contributed by atoms with Gasteiger partial charge in [-0.25, -0.2) is 8.42 Å². The average Bonchev–Trinajstić information content (AvgIpc) is 3.15. The van der Waals surface area contributed by atoms with Gasteiger partial charge in [0, 0.05) is 48.8 Å². The molecule has 4 rings (SSSR count). The maximum absolute atomic E-state index is 13.0. The summed E-state index contributed by atoms with van der Waals surface area (Å²) in [6, 6.07) is 8.73. The van der Waals surface area contributed by atoms with Gasteiger partial charge < -0.3 is 15.1 Å². The zero-order valence-corrected chi connectivity index (χ0v) is 20.2. The van der Waals surface area contributed by atoms with Crippen LogP contribution in [0.15, 0.2) is 35.2 Å². The molecule has 0 bridgehead atoms. The SMILES string of the molecule is Cc1cc(S(=O)(=O)N2CCN(C(=O)CCC(=O)N3CC(=O)Nc4ccccc43)CC2)c(C)s1. The second-order valence-corrected chi connectivity index (χ2v) is 11.5. The molecule has 0 radical (unpaired) electrons. The van der Waals surface area contributed by atoms with E-state index in [1.807, 2.05) is 6.92 Å². The lowest BCUT2D eigenvalue weighted by Gasteiger charge is -2.34. The molecule has 1 aromatic carbocycles. The van der Waals surface area contributed by atoms with E-state index in [2.05, 4.69) is 5.32 Å². The van der Waals surface area contributed by atoms with Gasteiger partial charge in [-0.05, 0) is 32.0 Å². The first-order chi connectivity index (χ1) is 15.7. The molecule has 33 heavy (non-hydrogen) atoms. The van der Waals surface area contributed by atoms with Crippen molar-refractivity contribution in [3.8, 4) is 0 Å². The largest absolute Gasteiger partial charge is 0.340 e. The molecule has 0 spiro atoms. The quantitative estimate of drug-likeness (QED) is 0.690. The smallest absolute Gasteiger partial charge is 0.244 e. The Morgan fingerprint density at radius 3 is 2.36 bits per heavy atom. The van der Waals surface area contributed by atoms with E-state index in [4.69, 9.17) is 0 Å². The Morgan fingerprint density at radius 1 is 1.03 bits per heavy atom. The Hall–Kier alpha value is -2.76. The van der Waals surface area contributed by atoms with Gasteiger partial charge >= 0.3 is 0 Å². The molecule has 1 aromatic heterocycles. The minimum atomic E-state index is -3.59. The van der Waals surface area contributed by atoms with Crippen molar-refractivity contribution in [3.63, 3.8) is 0 Å². The van der Waals surface area contributed by atoms with E-state index in [-0.39, 0.29) is 63.3 Å². The van der Waals surface area contributed by atoms with Gasteiger partial charge in [-0.3, -0.25) is 14.4 Å². The second-order valence-electron chi connectivity index (χ2n) is 8.11. The van der Waals surface area contributed by atoms with Gasteiger partial charge in [-0.2, -0.15) is 4.31 Å². The van der Waals surface area contributed by atoms with Crippen molar-refractivity contribution in [2.45, 2.75) is 31.6 Å². The molecule has 9 nitrogen and oxygen atoms in total. The van der Waals surface area contributed by atoms with Crippen LogP contribution in [-0.4, -0.2) is 68.1 Å². The van der Waals surface area contributed by atoms with Crippen LogP contribution in [0.4, 0.5) is 11.4 Å². The lowest BCUT2D eigenvalue weighted by atomic mass is 10.1. The summed E-state index contributed by atoms with van der Waals surface area (Å²) in [7, 11) is -3.59. The van der Waals surface area contributed by atoms with E-state index in [9.17, 15) is 22.8 Å². The summed E-state index contributed by atoms with van der Waals surface area (Å²) in [6.07, 6.45) is -0.0129. The third-order valence-electron chi connectivity index (χ3n) is 5.83. The van der Waals surface area contributed by atoms with Crippen molar-refractivity contribution in [2.75, 3.05) is 42.9 Å². The molecule has 3 heterocycles. The number of nitrogens with zero attached hydrogens (tertiary/aromatic N) is 3. The van der Waals surface area contributed by atoms with E-state index in [0.29, 0.717) is 16.3 Å². The van der Waals surface area contributed by atoms with Crippen LogP contribution in [0.3, 0.4) is 0 Å². The molecule has 2 aliphatic rings. The molecule has 1 N–H and O–H groups in total. The molecule has 11 heteroatoms. The van der Waals surface area contributed by atoms with Crippen LogP contribution in [0.5, 0.6) is 0 Å². The zero-order valence-electron chi connectivity index (χ0n) is 18.5. The number of nitrogens with one attached hydrogen (secondary N) is 1. The van der Waals surface area contributed by atoms with Gasteiger partial charge in [0.15, 0.2) is 0 Å². The van der Waals surface area contributed by atoms with Gasteiger partial charge in [0.2, 0.25) is 27.7 Å². The number of thiophene rings is 1. The number of amides is 3. The monoisotopic (exact) mass is 490 g/mol. The fraction of sp³-hybridized carbons (Fsp3) is 0.409. The number of para-hydroxylation sites is 2. The standard InChI is InChI=1S/C22H26N4O5S2/c1-15-13-19(16(2)32-15)33(30,31)25-11-9-24(10-12-25)21(28)7-8-22(29)26-14-20(27)23-17-5-3-4-6-18(17)26/h3-6,13H,7-12,14H2,1-2H3,(H,23,27). The minimum absolute atomic E-state index is 0.00863. The number of sulfonamides is 1. The summed E-state index contributed by atoms with van der Waals surface area (Å²) < 4.78 is 27.3. The van der Waals surface area contributed by atoms with Crippen LogP contribution in [0.1, 0.15) is 22.6 Å². The maximum atomic E-state index is 13.0. The number of piperazine rings is 1. The number of fused-ring (bicyclic) bond motifs is 1. The Bertz CT molecular complexity index is 1200. The van der Waals surface area contributed by atoms with Gasteiger partial charge in [0.05, 0.1) is 16.3 Å². The number of hydrogen-bond acceptors (Lipinski definition) is 6. The summed E-state index contributed by atoms with van der Waals surface area (Å²) in [5.41, 5.74) is 1.19. The van der Waals surface area contributed by atoms with Crippen LogP contribution in [-0.2, 0) is 24.4 Å². The Kier molecular flexibility index (Phi) is 6.55. The molecule has 0 saturated carbocycles. The van der Waals surface area contributed by atoms with E-state index in [1.54, 1.807) is 42.2 Å². The van der Waals surface area contributed by atoms with Crippen LogP contribution in [0, 0.1) is 13.8 Å². The summed E-state index contributed by atoms with van der Waals surface area (Å²) in [5.74, 6) is -0.769. The topological polar surface area (TPSA) is 107 Å². The molecule has 0 aliphatic carbocycles. The number of carbonyl (C=O) groups excluding carboxylic acids is 3. The third kappa shape index (κ3) is 4.80. The van der Waals surface area contributed by atoms with Crippen molar-refractivity contribution in [1.29, 1.82) is 0 Å². The predicted octanol–water partition coefficient (Wildman–Crippen LogP) is 1.96. The molecule has 0 atom stereocenters. The fourth-order valence-corrected chi connectivity index (χ4v) is 7.09. The number of benzene rings is 1. The lowest BCUT2D eigenvalue weighted by molar-refractivity contribution is -0.134. The molecule has 2 aliphatic heterocycles. The highest BCUT2D eigenvalue weighted by atomic mass is 32.2. The lowest BCUT2D eigenvalue weighted by Crippen LogP contribution is -2.50. The van der Waals surface area contributed by atoms with Gasteiger partial charge in [0.25, 0.3) is 0 Å². The van der Waals surface area contributed by atoms with Crippen LogP contribution < -0.4 is 10.2 Å². The zero-order chi connectivity index (χ0) is 23.8. The molecular formula is C22H26N4O5S2. The first kappa shape index (κ1) is 23.4. The van der Waals surface area contributed by atoms with Gasteiger partial charge in [-0.15, -0.1) is 11.3 Å². The highest BCUT2D eigenvalue weighted by molar-refractivity contribution is 7.89. The fourth-order valence-electron chi connectivity index (χ4n) is 4.14. The van der Waals surface area contributed by atoms with E-state index in [1.165, 1.54) is 20.5 Å². The molecule has 1 fully saturated rings. The molecule has 176 valence electrons. The summed E-state index contributed by atoms with van der Waals surface area (Å²) >= 11 is 1.45. The number of carbonyl (C=O) groups is 3. The van der Waals surface area contributed by atoms with E-state index in [0.717, 1.165) is 9.75 Å². The van der Waals surface area contributed by atoms with Crippen LogP contribution in [0.2, 0.25) is 0 Å². The van der Waals surface area contributed by atoms with E-state index >= 15 is 0 Å². The maximum Gasteiger partial charge on any atom is 0.244 e. The molecule has 3 amide bonds. The van der Waals surface area contributed by atoms with Crippen molar-refractivity contribution in [1.82, 2.24) is 9.21 Å². The Labute approximate surface area is 197 Å². The van der Waals surface area contributed by atoms with Crippen molar-refractivity contribution in [2.24, 2.45) is 0 Å². The van der Waals surface area contributed by atoms with Crippen LogP contribution in [0.25, 0.3) is 0 Å². The van der Waals surface area contributed by atoms with Crippen molar-refractivity contribution >= 4 is 50.5 Å². The van der Waals surface area contributed by atoms with Crippen molar-refractivity contribution < 1.29 is 22.8 Å². The first-order valence-electron chi connectivity index (χ1n) is 10.7. The van der Waals surface area contributed by atoms with E-state index < -0.39 is 10.0 Å². The second kappa shape index (κ2) is 9.24. The van der Waals surface area contributed by atoms with Crippen LogP contribution >= 0.6 is 11.3 Å². The highest BCUT2D eigenvalue weighted by Crippen LogP contribution is 2.30. The Balaban J connectivity index is 1.32. The number of hydrogen-bond donors (Lipinski definition) is 1. The highest BCUT2D eigenvalue weighted by Gasteiger charge is 2.32. The normalized spacial score (nSPS) is 17.0. The summed E-state index contributed by atoms with van der Waals surface area (Å²) in [6.45, 7) is 4.59. The number of rotatable bonds is 5. The molecule has 2 aromatic rings. The summed E-state index contributed by atoms with van der Waals surface area (Å²) in [4.78, 5) is 42.4. The molecule has 1 saturated heterocycles. The average molecular weight is 491 g/mol. The Morgan fingerprint density at radius 2 is 1.70 bits per heavy atom. The van der Waals surface area contributed by atoms with Gasteiger partial charge in [0.1, 0.15) is 6.54 Å². The van der Waals surface area contributed by atoms with Gasteiger partial charge in [-0.1, -0.05) is 12.1 Å². The third-order valence-corrected chi connectivity index (χ3v) is 8.95. The minimum Gasteiger partial charge on any atom is -0.340 e. The predicted molar refractivity (Wildman–Crippen MR) is 126 cm³/mol. The number of anilines is 2. The summed E-state index contributed by atoms with van der Waals surface area (Å²) in [5, 5.41) is 2.73. The first-order valence-corrected chi connectivity index (χ1v) is 13.0.